The fourth-order valence-electron chi connectivity index (χ4n) is 1.28. The van der Waals surface area contributed by atoms with E-state index in [1.807, 2.05) is 0 Å². The van der Waals surface area contributed by atoms with E-state index in [-0.39, 0.29) is 16.7 Å². The number of halogens is 1. The van der Waals surface area contributed by atoms with Crippen molar-refractivity contribution < 1.29 is 13.9 Å². The van der Waals surface area contributed by atoms with Crippen LogP contribution in [0.1, 0.15) is 5.56 Å². The van der Waals surface area contributed by atoms with Crippen LogP contribution in [0.25, 0.3) is 11.0 Å². The van der Waals surface area contributed by atoms with Gasteiger partial charge < -0.3 is 9.52 Å². The van der Waals surface area contributed by atoms with Crippen molar-refractivity contribution in [1.29, 1.82) is 0 Å². The average Bonchev–Trinajstić information content (AvgIpc) is 2.10. The van der Waals surface area contributed by atoms with Gasteiger partial charge in [0.05, 0.1) is 6.26 Å². The van der Waals surface area contributed by atoms with E-state index in [9.17, 15) is 9.18 Å². The molecular weight excluding hydrogens is 187 g/mol. The highest BCUT2D eigenvalue weighted by molar-refractivity contribution is 5.79. The van der Waals surface area contributed by atoms with Gasteiger partial charge in [-0.1, -0.05) is 0 Å². The Labute approximate surface area is 78.4 Å². The van der Waals surface area contributed by atoms with Crippen LogP contribution in [-0.2, 0) is 0 Å². The lowest BCUT2D eigenvalue weighted by Gasteiger charge is -2.00. The zero-order valence-electron chi connectivity index (χ0n) is 7.37. The van der Waals surface area contributed by atoms with Crippen LogP contribution in [0.4, 0.5) is 4.39 Å². The maximum absolute atomic E-state index is 13.3. The Morgan fingerprint density at radius 2 is 2.14 bits per heavy atom. The number of hydrogen-bond acceptors (Lipinski definition) is 3. The fraction of sp³-hybridized carbons (Fsp3) is 0.100. The van der Waals surface area contributed by atoms with Gasteiger partial charge in [-0.05, 0) is 6.92 Å². The van der Waals surface area contributed by atoms with Crippen LogP contribution in [0.3, 0.4) is 0 Å². The molecule has 72 valence electrons. The molecule has 1 heterocycles. The predicted molar refractivity (Wildman–Crippen MR) is 48.8 cm³/mol. The van der Waals surface area contributed by atoms with Gasteiger partial charge >= 0.3 is 0 Å². The van der Waals surface area contributed by atoms with Crippen LogP contribution in [0, 0.1) is 12.7 Å². The highest BCUT2D eigenvalue weighted by Crippen LogP contribution is 2.21. The molecule has 0 radical (unpaired) electrons. The van der Waals surface area contributed by atoms with Crippen molar-refractivity contribution in [1.82, 2.24) is 0 Å². The van der Waals surface area contributed by atoms with Crippen molar-refractivity contribution in [2.24, 2.45) is 0 Å². The molecule has 0 saturated heterocycles. The molecule has 0 saturated carbocycles. The Morgan fingerprint density at radius 3 is 2.86 bits per heavy atom. The van der Waals surface area contributed by atoms with Crippen molar-refractivity contribution in [3.05, 3.63) is 40.0 Å². The second-order valence-corrected chi connectivity index (χ2v) is 3.05. The number of fused-ring (bicyclic) bond motifs is 1. The summed E-state index contributed by atoms with van der Waals surface area (Å²) >= 11 is 0. The van der Waals surface area contributed by atoms with Crippen LogP contribution in [0.5, 0.6) is 5.75 Å². The number of hydrogen-bond donors (Lipinski definition) is 1. The Hall–Kier alpha value is -1.84. The molecule has 0 aliphatic carbocycles. The third-order valence-electron chi connectivity index (χ3n) is 1.99. The van der Waals surface area contributed by atoms with E-state index in [1.165, 1.54) is 19.3 Å². The molecule has 1 aromatic heterocycles. The molecule has 4 heteroatoms. The van der Waals surface area contributed by atoms with Gasteiger partial charge in [0, 0.05) is 17.7 Å². The molecule has 0 atom stereocenters. The van der Waals surface area contributed by atoms with E-state index in [0.717, 1.165) is 6.07 Å². The van der Waals surface area contributed by atoms with Crippen molar-refractivity contribution in [3.8, 4) is 5.75 Å². The summed E-state index contributed by atoms with van der Waals surface area (Å²) in [5.41, 5.74) is -0.0241. The smallest absolute Gasteiger partial charge is 0.198 e. The maximum atomic E-state index is 13.3. The van der Waals surface area contributed by atoms with Crippen molar-refractivity contribution in [3.63, 3.8) is 0 Å². The van der Waals surface area contributed by atoms with Gasteiger partial charge in [0.1, 0.15) is 22.5 Å². The minimum atomic E-state index is -0.766. The van der Waals surface area contributed by atoms with E-state index < -0.39 is 11.2 Å². The summed E-state index contributed by atoms with van der Waals surface area (Å²) in [6, 6.07) is 2.10. The van der Waals surface area contributed by atoms with E-state index in [1.54, 1.807) is 0 Å². The summed E-state index contributed by atoms with van der Waals surface area (Å²) in [5, 5.41) is 8.95. The van der Waals surface area contributed by atoms with Crippen molar-refractivity contribution in [2.75, 3.05) is 0 Å². The minimum absolute atomic E-state index is 0.0538. The molecule has 1 aromatic carbocycles. The lowest BCUT2D eigenvalue weighted by atomic mass is 10.1. The van der Waals surface area contributed by atoms with Crippen molar-refractivity contribution >= 4 is 11.0 Å². The van der Waals surface area contributed by atoms with Gasteiger partial charge in [-0.15, -0.1) is 0 Å². The molecule has 2 aromatic rings. The number of aromatic hydroxyl groups is 1. The Kier molecular flexibility index (Phi) is 1.77. The zero-order valence-corrected chi connectivity index (χ0v) is 7.37. The molecule has 0 aliphatic rings. The first kappa shape index (κ1) is 8.74. The number of phenolic OH excluding ortho intramolecular Hbond substituents is 1. The lowest BCUT2D eigenvalue weighted by Crippen LogP contribution is -2.06. The molecule has 0 amide bonds. The highest BCUT2D eigenvalue weighted by Gasteiger charge is 2.10. The molecule has 1 N–H and O–H groups in total. The first-order valence-electron chi connectivity index (χ1n) is 4.00. The van der Waals surface area contributed by atoms with Crippen LogP contribution >= 0.6 is 0 Å². The fourth-order valence-corrected chi connectivity index (χ4v) is 1.28. The molecule has 0 spiro atoms. The Balaban J connectivity index is 3.03. The average molecular weight is 194 g/mol. The summed E-state index contributed by atoms with van der Waals surface area (Å²) < 4.78 is 18.3. The first-order valence-corrected chi connectivity index (χ1v) is 4.00. The third-order valence-corrected chi connectivity index (χ3v) is 1.99. The number of benzene rings is 1. The van der Waals surface area contributed by atoms with Crippen LogP contribution in [0.2, 0.25) is 0 Å². The Bertz CT molecular complexity index is 557. The second-order valence-electron chi connectivity index (χ2n) is 3.05. The van der Waals surface area contributed by atoms with E-state index in [0.29, 0.717) is 5.56 Å². The van der Waals surface area contributed by atoms with Gasteiger partial charge in [-0.2, -0.15) is 0 Å². The number of phenols is 1. The molecule has 14 heavy (non-hydrogen) atoms. The van der Waals surface area contributed by atoms with Gasteiger partial charge in [0.15, 0.2) is 5.43 Å². The summed E-state index contributed by atoms with van der Waals surface area (Å²) in [6.07, 6.45) is 1.24. The molecule has 0 fully saturated rings. The summed E-state index contributed by atoms with van der Waals surface area (Å²) in [5.74, 6) is -1.03. The van der Waals surface area contributed by atoms with Crippen LogP contribution in [0.15, 0.2) is 27.6 Å². The van der Waals surface area contributed by atoms with E-state index >= 15 is 0 Å². The normalized spacial score (nSPS) is 10.7. The number of aryl methyl sites for hydroxylation is 1. The highest BCUT2D eigenvalue weighted by atomic mass is 19.1. The summed E-state index contributed by atoms with van der Waals surface area (Å²) in [4.78, 5) is 11.5. The van der Waals surface area contributed by atoms with Gasteiger partial charge in [0.25, 0.3) is 0 Å². The zero-order chi connectivity index (χ0) is 10.3. The lowest BCUT2D eigenvalue weighted by molar-refractivity contribution is 0.468. The van der Waals surface area contributed by atoms with Gasteiger partial charge in [0.2, 0.25) is 0 Å². The SMILES string of the molecule is Cc1coc2cc(O)cc(F)c2c1=O. The quantitative estimate of drug-likeness (QED) is 0.697. The van der Waals surface area contributed by atoms with Crippen LogP contribution in [-0.4, -0.2) is 5.11 Å². The van der Waals surface area contributed by atoms with Crippen LogP contribution < -0.4 is 5.43 Å². The Morgan fingerprint density at radius 1 is 1.43 bits per heavy atom. The van der Waals surface area contributed by atoms with Crippen molar-refractivity contribution in [2.45, 2.75) is 6.92 Å². The molecule has 3 nitrogen and oxygen atoms in total. The number of rotatable bonds is 0. The van der Waals surface area contributed by atoms with Gasteiger partial charge in [-0.25, -0.2) is 4.39 Å². The predicted octanol–water partition coefficient (Wildman–Crippen LogP) is 1.95. The summed E-state index contributed by atoms with van der Waals surface area (Å²) in [6.45, 7) is 1.54. The molecule has 0 bridgehead atoms. The second kappa shape index (κ2) is 2.83. The molecule has 2 rings (SSSR count). The van der Waals surface area contributed by atoms with E-state index in [4.69, 9.17) is 9.52 Å². The largest absolute Gasteiger partial charge is 0.508 e. The van der Waals surface area contributed by atoms with Gasteiger partial charge in [-0.3, -0.25) is 4.79 Å². The first-order chi connectivity index (χ1) is 6.59. The standard InChI is InChI=1S/C10H7FO3/c1-5-4-14-8-3-6(12)2-7(11)9(8)10(5)13/h2-4,12H,1H3. The molecule has 0 unspecified atom stereocenters. The monoisotopic (exact) mass is 194 g/mol. The minimum Gasteiger partial charge on any atom is -0.508 e. The topological polar surface area (TPSA) is 50.4 Å². The van der Waals surface area contributed by atoms with E-state index in [2.05, 4.69) is 0 Å². The summed E-state index contributed by atoms with van der Waals surface area (Å²) in [7, 11) is 0. The third kappa shape index (κ3) is 1.16. The molecule has 0 aliphatic heterocycles. The molecular formula is C10H7FO3. The maximum Gasteiger partial charge on any atom is 0.198 e.